The Morgan fingerprint density at radius 1 is 0.885 bits per heavy atom. The minimum Gasteiger partial charge on any atom is -0.497 e. The van der Waals surface area contributed by atoms with Gasteiger partial charge in [-0.25, -0.2) is 0 Å². The van der Waals surface area contributed by atoms with Crippen molar-refractivity contribution in [2.75, 3.05) is 7.11 Å². The molecular weight excluding hydrogens is 320 g/mol. The zero-order chi connectivity index (χ0) is 18.1. The van der Waals surface area contributed by atoms with Gasteiger partial charge in [0.2, 0.25) is 0 Å². The Balaban J connectivity index is 1.80. The zero-order valence-corrected chi connectivity index (χ0v) is 15.5. The number of hydrogen-bond donors (Lipinski definition) is 0. The van der Waals surface area contributed by atoms with Crippen LogP contribution in [0.4, 0.5) is 0 Å². The number of methoxy groups -OCH3 is 1. The summed E-state index contributed by atoms with van der Waals surface area (Å²) in [4.78, 5) is 0. The molecule has 0 bridgehead atoms. The molecule has 0 saturated carbocycles. The SMILES string of the molecule is COc1ccc([C@H]2C[C@@H](c3ccccc3)Oc3cc(C)cc(C)c32)cc1. The lowest BCUT2D eigenvalue weighted by Crippen LogP contribution is -2.21. The van der Waals surface area contributed by atoms with Crippen molar-refractivity contribution in [3.63, 3.8) is 0 Å². The fourth-order valence-electron chi connectivity index (χ4n) is 4.03. The van der Waals surface area contributed by atoms with Gasteiger partial charge >= 0.3 is 0 Å². The minimum absolute atomic E-state index is 0.0667. The van der Waals surface area contributed by atoms with Crippen molar-refractivity contribution >= 4 is 0 Å². The molecule has 2 heteroatoms. The Morgan fingerprint density at radius 3 is 2.31 bits per heavy atom. The second-order valence-electron chi connectivity index (χ2n) is 7.07. The Hall–Kier alpha value is -2.74. The quantitative estimate of drug-likeness (QED) is 0.583. The minimum atomic E-state index is 0.0667. The molecule has 0 fully saturated rings. The van der Waals surface area contributed by atoms with E-state index in [0.29, 0.717) is 5.92 Å². The number of aryl methyl sites for hydroxylation is 2. The van der Waals surface area contributed by atoms with E-state index in [2.05, 4.69) is 68.4 Å². The van der Waals surface area contributed by atoms with E-state index < -0.39 is 0 Å². The van der Waals surface area contributed by atoms with Crippen LogP contribution in [0.3, 0.4) is 0 Å². The molecule has 0 aliphatic carbocycles. The molecule has 0 spiro atoms. The predicted molar refractivity (Wildman–Crippen MR) is 105 cm³/mol. The van der Waals surface area contributed by atoms with Crippen LogP contribution in [-0.4, -0.2) is 7.11 Å². The van der Waals surface area contributed by atoms with Crippen molar-refractivity contribution in [2.24, 2.45) is 0 Å². The maximum atomic E-state index is 6.45. The van der Waals surface area contributed by atoms with Crippen molar-refractivity contribution in [2.45, 2.75) is 32.3 Å². The highest BCUT2D eigenvalue weighted by Gasteiger charge is 2.31. The van der Waals surface area contributed by atoms with E-state index in [1.54, 1.807) is 7.11 Å². The molecule has 0 aromatic heterocycles. The molecule has 3 aromatic rings. The molecular formula is C24H24O2. The third kappa shape index (κ3) is 3.08. The van der Waals surface area contributed by atoms with Gasteiger partial charge in [-0.15, -0.1) is 0 Å². The van der Waals surface area contributed by atoms with Gasteiger partial charge in [-0.05, 0) is 60.7 Å². The Morgan fingerprint density at radius 2 is 1.62 bits per heavy atom. The second kappa shape index (κ2) is 6.87. The fourth-order valence-corrected chi connectivity index (χ4v) is 4.03. The van der Waals surface area contributed by atoms with Crippen molar-refractivity contribution < 1.29 is 9.47 Å². The highest BCUT2D eigenvalue weighted by Crippen LogP contribution is 2.47. The summed E-state index contributed by atoms with van der Waals surface area (Å²) in [7, 11) is 1.71. The van der Waals surface area contributed by atoms with Crippen LogP contribution in [0.1, 0.15) is 46.3 Å². The molecule has 4 rings (SSSR count). The van der Waals surface area contributed by atoms with Crippen LogP contribution >= 0.6 is 0 Å². The lowest BCUT2D eigenvalue weighted by atomic mass is 9.80. The number of rotatable bonds is 3. The number of fused-ring (bicyclic) bond motifs is 1. The lowest BCUT2D eigenvalue weighted by Gasteiger charge is -2.34. The number of hydrogen-bond acceptors (Lipinski definition) is 2. The van der Waals surface area contributed by atoms with Crippen LogP contribution in [0, 0.1) is 13.8 Å². The number of ether oxygens (including phenoxy) is 2. The van der Waals surface area contributed by atoms with Crippen molar-refractivity contribution in [1.82, 2.24) is 0 Å². The lowest BCUT2D eigenvalue weighted by molar-refractivity contribution is 0.167. The third-order valence-corrected chi connectivity index (χ3v) is 5.25. The van der Waals surface area contributed by atoms with E-state index in [1.807, 2.05) is 12.1 Å². The van der Waals surface area contributed by atoms with Crippen LogP contribution in [-0.2, 0) is 0 Å². The largest absolute Gasteiger partial charge is 0.497 e. The summed E-state index contributed by atoms with van der Waals surface area (Å²) in [5, 5.41) is 0. The summed E-state index contributed by atoms with van der Waals surface area (Å²) in [5.41, 5.74) is 6.39. The summed E-state index contributed by atoms with van der Waals surface area (Å²) in [6, 6.07) is 23.4. The van der Waals surface area contributed by atoms with Gasteiger partial charge in [0.1, 0.15) is 17.6 Å². The van der Waals surface area contributed by atoms with Gasteiger partial charge in [0.25, 0.3) is 0 Å². The highest BCUT2D eigenvalue weighted by atomic mass is 16.5. The summed E-state index contributed by atoms with van der Waals surface area (Å²) >= 11 is 0. The summed E-state index contributed by atoms with van der Waals surface area (Å²) < 4.78 is 11.8. The molecule has 0 amide bonds. The highest BCUT2D eigenvalue weighted by molar-refractivity contribution is 5.51. The van der Waals surface area contributed by atoms with Crippen molar-refractivity contribution in [1.29, 1.82) is 0 Å². The fraction of sp³-hybridized carbons (Fsp3) is 0.250. The monoisotopic (exact) mass is 344 g/mol. The summed E-state index contributed by atoms with van der Waals surface area (Å²) in [5.74, 6) is 2.22. The van der Waals surface area contributed by atoms with Crippen LogP contribution in [0.15, 0.2) is 66.7 Å². The van der Waals surface area contributed by atoms with Crippen LogP contribution in [0.5, 0.6) is 11.5 Å². The molecule has 0 N–H and O–H groups in total. The van der Waals surface area contributed by atoms with E-state index in [0.717, 1.165) is 17.9 Å². The Bertz CT molecular complexity index is 897. The zero-order valence-electron chi connectivity index (χ0n) is 15.5. The van der Waals surface area contributed by atoms with Gasteiger partial charge in [0, 0.05) is 11.5 Å². The van der Waals surface area contributed by atoms with Gasteiger partial charge in [-0.3, -0.25) is 0 Å². The summed E-state index contributed by atoms with van der Waals surface area (Å²) in [6.07, 6.45) is 1.00. The van der Waals surface area contributed by atoms with E-state index in [9.17, 15) is 0 Å². The summed E-state index contributed by atoms with van der Waals surface area (Å²) in [6.45, 7) is 4.32. The standard InChI is InChI=1S/C24H24O2/c1-16-13-17(2)24-21(18-9-11-20(25-3)12-10-18)15-22(26-23(24)14-16)19-7-5-4-6-8-19/h4-14,21-22H,15H2,1-3H3/t21-,22+/m1/s1. The van der Waals surface area contributed by atoms with Crippen molar-refractivity contribution in [3.8, 4) is 11.5 Å². The van der Waals surface area contributed by atoms with Gasteiger partial charge in [-0.1, -0.05) is 48.5 Å². The van der Waals surface area contributed by atoms with Gasteiger partial charge in [0.15, 0.2) is 0 Å². The van der Waals surface area contributed by atoms with Crippen LogP contribution in [0.2, 0.25) is 0 Å². The van der Waals surface area contributed by atoms with Gasteiger partial charge in [0.05, 0.1) is 7.11 Å². The molecule has 0 unspecified atom stereocenters. The molecule has 1 aliphatic heterocycles. The number of benzene rings is 3. The molecule has 2 atom stereocenters. The first-order valence-electron chi connectivity index (χ1n) is 9.12. The van der Waals surface area contributed by atoms with E-state index >= 15 is 0 Å². The normalized spacial score (nSPS) is 18.7. The third-order valence-electron chi connectivity index (χ3n) is 5.25. The predicted octanol–water partition coefficient (Wildman–Crippen LogP) is 5.97. The second-order valence-corrected chi connectivity index (χ2v) is 7.07. The van der Waals surface area contributed by atoms with Crippen molar-refractivity contribution in [3.05, 3.63) is 94.5 Å². The molecule has 2 nitrogen and oxygen atoms in total. The Labute approximate surface area is 155 Å². The first kappa shape index (κ1) is 16.7. The van der Waals surface area contributed by atoms with Crippen LogP contribution < -0.4 is 9.47 Å². The average Bonchev–Trinajstić information content (AvgIpc) is 2.67. The Kier molecular flexibility index (Phi) is 4.42. The average molecular weight is 344 g/mol. The molecule has 132 valence electrons. The van der Waals surface area contributed by atoms with Crippen LogP contribution in [0.25, 0.3) is 0 Å². The molecule has 26 heavy (non-hydrogen) atoms. The molecule has 1 aliphatic rings. The first-order valence-corrected chi connectivity index (χ1v) is 9.12. The molecule has 3 aromatic carbocycles. The topological polar surface area (TPSA) is 18.5 Å². The molecule has 0 saturated heterocycles. The molecule has 0 radical (unpaired) electrons. The van der Waals surface area contributed by atoms with Gasteiger partial charge in [-0.2, -0.15) is 0 Å². The molecule has 1 heterocycles. The maximum absolute atomic E-state index is 6.45. The van der Waals surface area contributed by atoms with E-state index in [1.165, 1.54) is 27.8 Å². The maximum Gasteiger partial charge on any atom is 0.125 e. The van der Waals surface area contributed by atoms with E-state index in [4.69, 9.17) is 9.47 Å². The smallest absolute Gasteiger partial charge is 0.125 e. The van der Waals surface area contributed by atoms with Gasteiger partial charge < -0.3 is 9.47 Å². The first-order chi connectivity index (χ1) is 12.7. The van der Waals surface area contributed by atoms with E-state index in [-0.39, 0.29) is 6.10 Å².